The third-order valence-corrected chi connectivity index (χ3v) is 4.40. The van der Waals surface area contributed by atoms with Gasteiger partial charge in [0, 0.05) is 17.9 Å². The molecule has 2 aliphatic rings. The number of anilines is 1. The Hall–Kier alpha value is -2.08. The van der Waals surface area contributed by atoms with E-state index < -0.39 is 17.8 Å². The van der Waals surface area contributed by atoms with Gasteiger partial charge in [-0.3, -0.25) is 4.79 Å². The number of imide groups is 1. The average molecular weight is 354 g/mol. The van der Waals surface area contributed by atoms with Gasteiger partial charge in [-0.2, -0.15) is 0 Å². The third kappa shape index (κ3) is 3.11. The molecule has 1 aromatic rings. The summed E-state index contributed by atoms with van der Waals surface area (Å²) in [5.41, 5.74) is 0.363. The van der Waals surface area contributed by atoms with Crippen LogP contribution in [0.2, 0.25) is 0 Å². The molecular weight excluding hydrogens is 337 g/mol. The number of benzene rings is 1. The van der Waals surface area contributed by atoms with Crippen LogP contribution in [0.5, 0.6) is 5.75 Å². The van der Waals surface area contributed by atoms with Crippen molar-refractivity contribution in [1.29, 1.82) is 0 Å². The normalized spacial score (nSPS) is 23.7. The van der Waals surface area contributed by atoms with Gasteiger partial charge in [0.15, 0.2) is 5.76 Å². The molecule has 5 nitrogen and oxygen atoms in total. The predicted molar refractivity (Wildman–Crippen MR) is 86.6 cm³/mol. The highest BCUT2D eigenvalue weighted by molar-refractivity contribution is 6.23. The molecule has 0 N–H and O–H groups in total. The lowest BCUT2D eigenvalue weighted by Gasteiger charge is -2.16. The first-order valence-electron chi connectivity index (χ1n) is 7.71. The summed E-state index contributed by atoms with van der Waals surface area (Å²) in [7, 11) is 0. The van der Waals surface area contributed by atoms with E-state index in [2.05, 4.69) is 0 Å². The minimum atomic E-state index is -0.922. The van der Waals surface area contributed by atoms with Gasteiger partial charge in [0.05, 0.1) is 5.69 Å². The van der Waals surface area contributed by atoms with Gasteiger partial charge in [-0.05, 0) is 44.4 Å². The maximum atomic E-state index is 14.2. The molecule has 1 aliphatic carbocycles. The number of nitrogens with zero attached hydrogens (tertiary/aromatic N) is 1. The summed E-state index contributed by atoms with van der Waals surface area (Å²) < 4.78 is 24.9. The maximum absolute atomic E-state index is 14.2. The largest absolute Gasteiger partial charge is 0.490 e. The average Bonchev–Trinajstić information content (AvgIpc) is 3.05. The van der Waals surface area contributed by atoms with Crippen LogP contribution in [-0.2, 0) is 9.53 Å². The van der Waals surface area contributed by atoms with Crippen LogP contribution in [0.3, 0.4) is 0 Å². The molecule has 7 heteroatoms. The second kappa shape index (κ2) is 6.43. The number of hydrogen-bond donors (Lipinski definition) is 0. The second-order valence-corrected chi connectivity index (χ2v) is 6.72. The van der Waals surface area contributed by atoms with E-state index in [9.17, 15) is 14.0 Å². The Bertz CT molecular complexity index is 729. The van der Waals surface area contributed by atoms with Crippen molar-refractivity contribution in [2.24, 2.45) is 0 Å². The lowest BCUT2D eigenvalue weighted by molar-refractivity contribution is -0.114. The minimum Gasteiger partial charge on any atom is -0.490 e. The Morgan fingerprint density at radius 1 is 1.33 bits per heavy atom. The minimum absolute atomic E-state index is 0.0552. The lowest BCUT2D eigenvalue weighted by atomic mass is 10.2. The van der Waals surface area contributed by atoms with E-state index in [-0.39, 0.29) is 22.9 Å². The van der Waals surface area contributed by atoms with Gasteiger partial charge in [0.25, 0.3) is 0 Å². The van der Waals surface area contributed by atoms with Crippen LogP contribution >= 0.6 is 11.6 Å². The molecule has 24 heavy (non-hydrogen) atoms. The molecule has 2 unspecified atom stereocenters. The zero-order valence-electron chi connectivity index (χ0n) is 13.3. The number of allylic oxidation sites excluding steroid dienone is 1. The highest BCUT2D eigenvalue weighted by Gasteiger charge is 2.40. The molecule has 0 aromatic heterocycles. The molecule has 1 saturated carbocycles. The number of ether oxygens (including phenoxy) is 2. The molecule has 1 saturated heterocycles. The summed E-state index contributed by atoms with van der Waals surface area (Å²) in [4.78, 5) is 25.0. The van der Waals surface area contributed by atoms with Crippen LogP contribution in [0, 0.1) is 5.82 Å². The summed E-state index contributed by atoms with van der Waals surface area (Å²) >= 11 is 6.06. The zero-order valence-corrected chi connectivity index (χ0v) is 14.1. The molecule has 2 amide bonds. The standard InChI is InChI=1S/C17H17ClFNO4/c1-9(2)15-16(21)20(17(22)24-15)14-8-12(5-6-13(14)19)23-11-4-3-10(18)7-11/h5-6,8,10-11H,3-4,7H2,1-2H3. The van der Waals surface area contributed by atoms with Gasteiger partial charge >= 0.3 is 12.0 Å². The number of carbonyl (C=O) groups is 2. The molecule has 1 aliphatic heterocycles. The highest BCUT2D eigenvalue weighted by Crippen LogP contribution is 2.33. The van der Waals surface area contributed by atoms with E-state index in [1.54, 1.807) is 13.8 Å². The molecule has 1 heterocycles. The first kappa shape index (κ1) is 16.8. The van der Waals surface area contributed by atoms with Crippen molar-refractivity contribution in [3.8, 4) is 5.75 Å². The number of rotatable bonds is 3. The van der Waals surface area contributed by atoms with Crippen LogP contribution in [0.4, 0.5) is 14.9 Å². The topological polar surface area (TPSA) is 55.8 Å². The number of amides is 2. The smallest absolute Gasteiger partial charge is 0.427 e. The Balaban J connectivity index is 1.88. The number of carbonyl (C=O) groups excluding carboxylic acids is 2. The molecular formula is C17H17ClFNO4. The number of hydrogen-bond acceptors (Lipinski definition) is 4. The molecule has 0 radical (unpaired) electrons. The van der Waals surface area contributed by atoms with Crippen molar-refractivity contribution in [1.82, 2.24) is 0 Å². The predicted octanol–water partition coefficient (Wildman–Crippen LogP) is 4.14. The maximum Gasteiger partial charge on any atom is 0.427 e. The molecule has 128 valence electrons. The summed E-state index contributed by atoms with van der Waals surface area (Å²) in [6.45, 7) is 3.28. The Kier molecular flexibility index (Phi) is 4.49. The van der Waals surface area contributed by atoms with Crippen LogP contribution in [-0.4, -0.2) is 23.5 Å². The SMILES string of the molecule is CC(C)=C1OC(=O)N(c2cc(OC3CCC(Cl)C3)ccc2F)C1=O. The van der Waals surface area contributed by atoms with E-state index in [0.717, 1.165) is 12.8 Å². The van der Waals surface area contributed by atoms with Gasteiger partial charge in [-0.1, -0.05) is 0 Å². The van der Waals surface area contributed by atoms with Crippen LogP contribution in [0.25, 0.3) is 0 Å². The van der Waals surface area contributed by atoms with Crippen LogP contribution in [0.15, 0.2) is 29.5 Å². The van der Waals surface area contributed by atoms with Gasteiger partial charge < -0.3 is 9.47 Å². The summed E-state index contributed by atoms with van der Waals surface area (Å²) in [5.74, 6) is -1.08. The molecule has 3 rings (SSSR count). The Morgan fingerprint density at radius 2 is 2.08 bits per heavy atom. The van der Waals surface area contributed by atoms with Crippen molar-refractivity contribution < 1.29 is 23.5 Å². The van der Waals surface area contributed by atoms with Crippen molar-refractivity contribution in [2.45, 2.75) is 44.6 Å². The Labute approximate surface area is 144 Å². The van der Waals surface area contributed by atoms with Gasteiger partial charge in [0.1, 0.15) is 17.7 Å². The van der Waals surface area contributed by atoms with E-state index in [4.69, 9.17) is 21.1 Å². The second-order valence-electron chi connectivity index (χ2n) is 6.10. The quantitative estimate of drug-likeness (QED) is 0.605. The van der Waals surface area contributed by atoms with Gasteiger partial charge in [0.2, 0.25) is 0 Å². The monoisotopic (exact) mass is 353 g/mol. The van der Waals surface area contributed by atoms with Gasteiger partial charge in [-0.15, -0.1) is 11.6 Å². The van der Waals surface area contributed by atoms with E-state index in [0.29, 0.717) is 22.6 Å². The fourth-order valence-electron chi connectivity index (χ4n) is 2.81. The Morgan fingerprint density at radius 3 is 2.67 bits per heavy atom. The van der Waals surface area contributed by atoms with E-state index in [1.165, 1.54) is 18.2 Å². The molecule has 2 fully saturated rings. The first-order chi connectivity index (χ1) is 11.4. The molecule has 0 bridgehead atoms. The van der Waals surface area contributed by atoms with Crippen molar-refractivity contribution in [3.05, 3.63) is 35.3 Å². The van der Waals surface area contributed by atoms with E-state index in [1.807, 2.05) is 0 Å². The third-order valence-electron chi connectivity index (χ3n) is 4.01. The van der Waals surface area contributed by atoms with Gasteiger partial charge in [-0.25, -0.2) is 14.1 Å². The fraction of sp³-hybridized carbons (Fsp3) is 0.412. The summed E-state index contributed by atoms with van der Waals surface area (Å²) in [6.07, 6.45) is 1.41. The fourth-order valence-corrected chi connectivity index (χ4v) is 3.13. The highest BCUT2D eigenvalue weighted by atomic mass is 35.5. The van der Waals surface area contributed by atoms with Crippen molar-refractivity contribution in [3.63, 3.8) is 0 Å². The molecule has 1 aromatic carbocycles. The molecule has 2 atom stereocenters. The summed E-state index contributed by atoms with van der Waals surface area (Å²) in [6, 6.07) is 3.97. The first-order valence-corrected chi connectivity index (χ1v) is 8.14. The number of cyclic esters (lactones) is 1. The van der Waals surface area contributed by atoms with E-state index >= 15 is 0 Å². The molecule has 0 spiro atoms. The van der Waals surface area contributed by atoms with Crippen molar-refractivity contribution >= 4 is 29.3 Å². The zero-order chi connectivity index (χ0) is 17.4. The van der Waals surface area contributed by atoms with Crippen LogP contribution in [0.1, 0.15) is 33.1 Å². The lowest BCUT2D eigenvalue weighted by Crippen LogP contribution is -2.29. The van der Waals surface area contributed by atoms with Crippen molar-refractivity contribution in [2.75, 3.05) is 4.90 Å². The number of halogens is 2. The van der Waals surface area contributed by atoms with Crippen LogP contribution < -0.4 is 9.64 Å². The number of alkyl halides is 1. The summed E-state index contributed by atoms with van der Waals surface area (Å²) in [5, 5.41) is 0.0743.